The number of hydrogen-bond donors (Lipinski definition) is 2. The number of ether oxygens (including phenoxy) is 1. The van der Waals surface area contributed by atoms with Crippen LogP contribution in [0.25, 0.3) is 0 Å². The Morgan fingerprint density at radius 1 is 1.27 bits per heavy atom. The Morgan fingerprint density at radius 3 is 2.65 bits per heavy atom. The predicted molar refractivity (Wildman–Crippen MR) is 103 cm³/mol. The first-order valence-corrected chi connectivity index (χ1v) is 9.50. The van der Waals surface area contributed by atoms with E-state index in [1.165, 1.54) is 31.4 Å². The minimum atomic E-state index is -3.86. The topological polar surface area (TPSA) is 84.5 Å². The van der Waals surface area contributed by atoms with Crippen molar-refractivity contribution in [3.63, 3.8) is 0 Å². The second-order valence-electron chi connectivity index (χ2n) is 5.44. The molecule has 0 atom stereocenters. The van der Waals surface area contributed by atoms with Crippen LogP contribution in [0.5, 0.6) is 5.75 Å². The zero-order valence-electron chi connectivity index (χ0n) is 14.4. The molecule has 0 aromatic heterocycles. The summed E-state index contributed by atoms with van der Waals surface area (Å²) < 4.78 is 32.1. The summed E-state index contributed by atoms with van der Waals surface area (Å²) in [5.74, 6) is 0.0177. The van der Waals surface area contributed by atoms with Crippen LogP contribution in [-0.2, 0) is 10.0 Å². The fourth-order valence-corrected chi connectivity index (χ4v) is 3.73. The number of rotatable bonds is 7. The molecule has 0 heterocycles. The van der Waals surface area contributed by atoms with Gasteiger partial charge in [-0.05, 0) is 42.8 Å². The summed E-state index contributed by atoms with van der Waals surface area (Å²) in [7, 11) is -2.36. The van der Waals surface area contributed by atoms with E-state index in [0.717, 1.165) is 5.56 Å². The van der Waals surface area contributed by atoms with Gasteiger partial charge >= 0.3 is 0 Å². The number of hydrogen-bond acceptors (Lipinski definition) is 4. The van der Waals surface area contributed by atoms with Crippen LogP contribution in [0.3, 0.4) is 0 Å². The van der Waals surface area contributed by atoms with Gasteiger partial charge in [-0.3, -0.25) is 4.79 Å². The molecule has 6 nitrogen and oxygen atoms in total. The van der Waals surface area contributed by atoms with E-state index in [4.69, 9.17) is 16.3 Å². The fraction of sp³-hybridized carbons (Fsp3) is 0.167. The molecule has 0 radical (unpaired) electrons. The standard InChI is InChI=1S/C18H19ClN2O4S/c1-4-9-20-26(23,24)17-11-13(6-7-14(17)19)18(22)21-15-10-12(2)5-8-16(15)25-3/h4-8,10-11,20H,1,9H2,2-3H3,(H,21,22). The van der Waals surface area contributed by atoms with E-state index in [2.05, 4.69) is 16.6 Å². The van der Waals surface area contributed by atoms with Crippen LogP contribution < -0.4 is 14.8 Å². The van der Waals surface area contributed by atoms with E-state index in [9.17, 15) is 13.2 Å². The van der Waals surface area contributed by atoms with Gasteiger partial charge in [-0.2, -0.15) is 0 Å². The van der Waals surface area contributed by atoms with Crippen molar-refractivity contribution in [3.05, 3.63) is 65.2 Å². The van der Waals surface area contributed by atoms with Crippen molar-refractivity contribution in [2.45, 2.75) is 11.8 Å². The second-order valence-corrected chi connectivity index (χ2v) is 7.59. The Hall–Kier alpha value is -2.35. The molecular weight excluding hydrogens is 376 g/mol. The van der Waals surface area contributed by atoms with Gasteiger partial charge in [-0.25, -0.2) is 13.1 Å². The molecule has 1 amide bonds. The maximum Gasteiger partial charge on any atom is 0.255 e. The van der Waals surface area contributed by atoms with Crippen LogP contribution in [0.4, 0.5) is 5.69 Å². The Labute approximate surface area is 157 Å². The summed E-state index contributed by atoms with van der Waals surface area (Å²) >= 11 is 6.00. The number of anilines is 1. The Balaban J connectivity index is 2.35. The molecule has 0 aliphatic carbocycles. The summed E-state index contributed by atoms with van der Waals surface area (Å²) in [6.45, 7) is 5.39. The molecule has 0 saturated heterocycles. The molecule has 2 rings (SSSR count). The molecule has 0 saturated carbocycles. The Kier molecular flexibility index (Phi) is 6.42. The van der Waals surface area contributed by atoms with Crippen LogP contribution in [0.2, 0.25) is 5.02 Å². The largest absolute Gasteiger partial charge is 0.495 e. The van der Waals surface area contributed by atoms with Gasteiger partial charge in [0, 0.05) is 12.1 Å². The summed E-state index contributed by atoms with van der Waals surface area (Å²) in [5, 5.41) is 2.74. The minimum absolute atomic E-state index is 0.0197. The molecule has 0 fully saturated rings. The molecule has 0 bridgehead atoms. The number of sulfonamides is 1. The highest BCUT2D eigenvalue weighted by Gasteiger charge is 2.20. The molecule has 8 heteroatoms. The highest BCUT2D eigenvalue weighted by Crippen LogP contribution is 2.27. The van der Waals surface area contributed by atoms with E-state index in [-0.39, 0.29) is 22.0 Å². The quantitative estimate of drug-likeness (QED) is 0.705. The van der Waals surface area contributed by atoms with Crippen molar-refractivity contribution in [2.24, 2.45) is 0 Å². The number of carbonyl (C=O) groups is 1. The number of methoxy groups -OCH3 is 1. The first-order chi connectivity index (χ1) is 12.3. The number of halogens is 1. The van der Waals surface area contributed by atoms with Crippen molar-refractivity contribution in [2.75, 3.05) is 19.0 Å². The smallest absolute Gasteiger partial charge is 0.255 e. The van der Waals surface area contributed by atoms with Crippen molar-refractivity contribution in [1.82, 2.24) is 4.72 Å². The molecule has 2 aromatic rings. The van der Waals surface area contributed by atoms with Crippen molar-refractivity contribution in [1.29, 1.82) is 0 Å². The molecular formula is C18H19ClN2O4S. The van der Waals surface area contributed by atoms with Crippen molar-refractivity contribution in [3.8, 4) is 5.75 Å². The van der Waals surface area contributed by atoms with Gasteiger partial charge in [0.1, 0.15) is 10.6 Å². The molecule has 2 aromatic carbocycles. The Bertz CT molecular complexity index is 942. The highest BCUT2D eigenvalue weighted by molar-refractivity contribution is 7.89. The van der Waals surface area contributed by atoms with Crippen LogP contribution >= 0.6 is 11.6 Å². The third kappa shape index (κ3) is 4.63. The van der Waals surface area contributed by atoms with Crippen LogP contribution in [0, 0.1) is 6.92 Å². The van der Waals surface area contributed by atoms with E-state index < -0.39 is 15.9 Å². The van der Waals surface area contributed by atoms with Crippen molar-refractivity contribution >= 4 is 33.2 Å². The lowest BCUT2D eigenvalue weighted by Crippen LogP contribution is -2.24. The number of amides is 1. The molecule has 0 spiro atoms. The molecule has 2 N–H and O–H groups in total. The van der Waals surface area contributed by atoms with E-state index >= 15 is 0 Å². The summed E-state index contributed by atoms with van der Waals surface area (Å²) in [6, 6.07) is 9.40. The molecule has 26 heavy (non-hydrogen) atoms. The maximum absolute atomic E-state index is 12.6. The molecule has 138 valence electrons. The number of nitrogens with one attached hydrogen (secondary N) is 2. The molecule has 0 unspecified atom stereocenters. The first-order valence-electron chi connectivity index (χ1n) is 7.64. The number of aryl methyl sites for hydroxylation is 1. The highest BCUT2D eigenvalue weighted by atomic mass is 35.5. The average molecular weight is 395 g/mol. The lowest BCUT2D eigenvalue weighted by Gasteiger charge is -2.12. The summed E-state index contributed by atoms with van der Waals surface area (Å²) in [5.41, 5.74) is 1.58. The van der Waals surface area contributed by atoms with Gasteiger partial charge in [0.15, 0.2) is 0 Å². The van der Waals surface area contributed by atoms with Gasteiger partial charge in [-0.1, -0.05) is 23.7 Å². The van der Waals surface area contributed by atoms with Crippen molar-refractivity contribution < 1.29 is 17.9 Å². The van der Waals surface area contributed by atoms with Crippen LogP contribution in [0.1, 0.15) is 15.9 Å². The van der Waals surface area contributed by atoms with Gasteiger partial charge in [-0.15, -0.1) is 6.58 Å². The molecule has 0 aliphatic rings. The first kappa shape index (κ1) is 20.0. The SMILES string of the molecule is C=CCNS(=O)(=O)c1cc(C(=O)Nc2cc(C)ccc2OC)ccc1Cl. The average Bonchev–Trinajstić information content (AvgIpc) is 2.60. The van der Waals surface area contributed by atoms with E-state index in [0.29, 0.717) is 11.4 Å². The van der Waals surface area contributed by atoms with Crippen LogP contribution in [-0.4, -0.2) is 28.0 Å². The normalized spacial score (nSPS) is 11.0. The third-order valence-corrected chi connectivity index (χ3v) is 5.41. The summed E-state index contributed by atoms with van der Waals surface area (Å²) in [6.07, 6.45) is 1.41. The fourth-order valence-electron chi connectivity index (χ4n) is 2.21. The maximum atomic E-state index is 12.6. The monoisotopic (exact) mass is 394 g/mol. The van der Waals surface area contributed by atoms with Gasteiger partial charge in [0.05, 0.1) is 17.8 Å². The van der Waals surface area contributed by atoms with Gasteiger partial charge in [0.25, 0.3) is 5.91 Å². The lowest BCUT2D eigenvalue weighted by atomic mass is 10.1. The number of carbonyl (C=O) groups excluding carboxylic acids is 1. The third-order valence-electron chi connectivity index (χ3n) is 3.50. The minimum Gasteiger partial charge on any atom is -0.495 e. The van der Waals surface area contributed by atoms with E-state index in [1.54, 1.807) is 12.1 Å². The second kappa shape index (κ2) is 8.35. The lowest BCUT2D eigenvalue weighted by molar-refractivity contribution is 0.102. The number of benzene rings is 2. The zero-order chi connectivity index (χ0) is 19.3. The van der Waals surface area contributed by atoms with E-state index in [1.807, 2.05) is 13.0 Å². The molecule has 0 aliphatic heterocycles. The predicted octanol–water partition coefficient (Wildman–Crippen LogP) is 3.37. The van der Waals surface area contributed by atoms with Crippen LogP contribution in [0.15, 0.2) is 53.9 Å². The zero-order valence-corrected chi connectivity index (χ0v) is 15.9. The summed E-state index contributed by atoms with van der Waals surface area (Å²) in [4.78, 5) is 12.4. The van der Waals surface area contributed by atoms with Gasteiger partial charge < -0.3 is 10.1 Å². The Morgan fingerprint density at radius 2 is 2.00 bits per heavy atom. The van der Waals surface area contributed by atoms with Gasteiger partial charge in [0.2, 0.25) is 10.0 Å².